The van der Waals surface area contributed by atoms with Crippen LogP contribution in [0.1, 0.15) is 146 Å². The van der Waals surface area contributed by atoms with Crippen molar-refractivity contribution in [2.75, 3.05) is 18.9 Å². The number of benzene rings is 1. The summed E-state index contributed by atoms with van der Waals surface area (Å²) in [6.45, 7) is 14.9. The van der Waals surface area contributed by atoms with Crippen molar-refractivity contribution in [1.82, 2.24) is 15.2 Å². The molecule has 2 amide bonds. The van der Waals surface area contributed by atoms with Crippen molar-refractivity contribution in [3.8, 4) is 0 Å². The third-order valence-corrected chi connectivity index (χ3v) is 10.2. The number of nitrogens with one attached hydrogen (secondary N) is 2. The molecule has 0 saturated heterocycles. The first-order valence-electron chi connectivity index (χ1n) is 18.0. The molecular formula is C38H61FN4O4S. The third-order valence-electron chi connectivity index (χ3n) is 9.21. The molecule has 2 aromatic rings. The number of hydrogen-bond donors (Lipinski definition) is 3. The molecule has 0 radical (unpaired) electrons. The first-order chi connectivity index (χ1) is 22.8. The Balaban J connectivity index is 2.32. The topological polar surface area (TPSA) is 112 Å². The van der Waals surface area contributed by atoms with Crippen LogP contribution in [0.25, 0.3) is 0 Å². The highest BCUT2D eigenvalue weighted by atomic mass is 32.1. The highest BCUT2D eigenvalue weighted by Crippen LogP contribution is 2.34. The number of aromatic nitrogens is 1. The molecule has 2 rings (SSSR count). The Bertz CT molecular complexity index is 1300. The molecular weight excluding hydrogens is 628 g/mol. The largest absolute Gasteiger partial charge is 0.481 e. The lowest BCUT2D eigenvalue weighted by Crippen LogP contribution is -2.44. The Morgan fingerprint density at radius 3 is 2.33 bits per heavy atom. The van der Waals surface area contributed by atoms with Gasteiger partial charge in [0.2, 0.25) is 5.91 Å². The van der Waals surface area contributed by atoms with Gasteiger partial charge in [-0.3, -0.25) is 14.4 Å². The lowest BCUT2D eigenvalue weighted by Gasteiger charge is -2.37. The minimum Gasteiger partial charge on any atom is -0.481 e. The number of amides is 2. The second-order valence-electron chi connectivity index (χ2n) is 14.2. The zero-order valence-electron chi connectivity index (χ0n) is 30.7. The van der Waals surface area contributed by atoms with Gasteiger partial charge in [-0.25, -0.2) is 9.37 Å². The molecule has 10 heteroatoms. The molecule has 0 aliphatic rings. The van der Waals surface area contributed by atoms with Crippen LogP contribution in [-0.4, -0.2) is 58.5 Å². The summed E-state index contributed by atoms with van der Waals surface area (Å²) < 4.78 is 14.5. The van der Waals surface area contributed by atoms with Crippen LogP contribution in [0.3, 0.4) is 0 Å². The number of nitrogens with zero attached hydrogens (tertiary/aromatic N) is 2. The number of carbonyl (C=O) groups is 3. The van der Waals surface area contributed by atoms with E-state index in [9.17, 15) is 23.9 Å². The number of hydrogen-bond acceptors (Lipinski definition) is 6. The molecule has 0 aliphatic carbocycles. The fourth-order valence-electron chi connectivity index (χ4n) is 6.29. The number of anilines is 1. The number of carboxylic acids is 1. The van der Waals surface area contributed by atoms with Crippen LogP contribution in [0.4, 0.5) is 10.1 Å². The van der Waals surface area contributed by atoms with Gasteiger partial charge in [-0.05, 0) is 76.0 Å². The van der Waals surface area contributed by atoms with Gasteiger partial charge in [0.15, 0.2) is 0 Å². The third kappa shape index (κ3) is 12.8. The van der Waals surface area contributed by atoms with Crippen LogP contribution in [0.5, 0.6) is 0 Å². The van der Waals surface area contributed by atoms with Crippen molar-refractivity contribution in [1.29, 1.82) is 0 Å². The van der Waals surface area contributed by atoms with E-state index in [4.69, 9.17) is 4.98 Å². The van der Waals surface area contributed by atoms with Crippen LogP contribution in [0.2, 0.25) is 0 Å². The fourth-order valence-corrected chi connectivity index (χ4v) is 7.24. The van der Waals surface area contributed by atoms with Gasteiger partial charge in [0.05, 0.1) is 16.1 Å². The molecule has 0 spiro atoms. The predicted molar refractivity (Wildman–Crippen MR) is 195 cm³/mol. The molecule has 270 valence electrons. The molecule has 1 aromatic carbocycles. The standard InChI is InChI=1S/C38H61FN4O4S/c1-9-12-14-15-20-43(34(44)17-13-10-2)33(26(4)5)23-28(16-11-3)36-42-32(25-48-36)35(45)41-29(24-38(6,7)37(46)47)21-27-18-19-31(40-8)30(39)22-27/h18-19,22,25-26,28-29,33,40H,9-17,20-21,23-24H2,1-8H3,(H,41,45)(H,46,47). The molecule has 0 aliphatic heterocycles. The van der Waals surface area contributed by atoms with Crippen molar-refractivity contribution in [3.63, 3.8) is 0 Å². The fraction of sp³-hybridized carbons (Fsp3) is 0.684. The summed E-state index contributed by atoms with van der Waals surface area (Å²) in [5.74, 6) is -1.15. The molecule has 8 nitrogen and oxygen atoms in total. The lowest BCUT2D eigenvalue weighted by atomic mass is 9.84. The summed E-state index contributed by atoms with van der Waals surface area (Å²) in [7, 11) is 1.64. The minimum absolute atomic E-state index is 0.0750. The Labute approximate surface area is 292 Å². The molecule has 48 heavy (non-hydrogen) atoms. The van der Waals surface area contributed by atoms with Crippen LogP contribution in [0, 0.1) is 17.2 Å². The van der Waals surface area contributed by atoms with Gasteiger partial charge in [-0.15, -0.1) is 11.3 Å². The number of aliphatic carboxylic acids is 1. The van der Waals surface area contributed by atoms with E-state index in [0.717, 1.165) is 62.9 Å². The summed E-state index contributed by atoms with van der Waals surface area (Å²) in [5.41, 5.74) is 0.213. The summed E-state index contributed by atoms with van der Waals surface area (Å²) >= 11 is 1.47. The maximum Gasteiger partial charge on any atom is 0.309 e. The number of unbranched alkanes of at least 4 members (excludes halogenated alkanes) is 4. The van der Waals surface area contributed by atoms with Crippen molar-refractivity contribution >= 4 is 34.8 Å². The highest BCUT2D eigenvalue weighted by molar-refractivity contribution is 7.09. The van der Waals surface area contributed by atoms with Crippen LogP contribution in [-0.2, 0) is 16.0 Å². The van der Waals surface area contributed by atoms with Crippen molar-refractivity contribution in [3.05, 3.63) is 45.7 Å². The van der Waals surface area contributed by atoms with E-state index >= 15 is 0 Å². The van der Waals surface area contributed by atoms with E-state index in [-0.39, 0.29) is 42.5 Å². The summed E-state index contributed by atoms with van der Waals surface area (Å²) in [5, 5.41) is 18.3. The average molecular weight is 689 g/mol. The second kappa shape index (κ2) is 20.5. The lowest BCUT2D eigenvalue weighted by molar-refractivity contribution is -0.147. The molecule has 1 heterocycles. The number of carbonyl (C=O) groups excluding carboxylic acids is 2. The highest BCUT2D eigenvalue weighted by Gasteiger charge is 2.33. The Hall–Kier alpha value is -3.01. The number of thiazole rings is 1. The maximum atomic E-state index is 14.5. The first-order valence-corrected chi connectivity index (χ1v) is 18.9. The van der Waals surface area contributed by atoms with Crippen molar-refractivity contribution in [2.24, 2.45) is 11.3 Å². The molecule has 3 unspecified atom stereocenters. The quantitative estimate of drug-likeness (QED) is 0.101. The summed E-state index contributed by atoms with van der Waals surface area (Å²) in [4.78, 5) is 46.1. The monoisotopic (exact) mass is 688 g/mol. The number of halogens is 1. The van der Waals surface area contributed by atoms with E-state index in [0.29, 0.717) is 23.4 Å². The van der Waals surface area contributed by atoms with Crippen molar-refractivity contribution in [2.45, 2.75) is 144 Å². The molecule has 3 N–H and O–H groups in total. The van der Waals surface area contributed by atoms with E-state index in [1.54, 1.807) is 38.4 Å². The minimum atomic E-state index is -1.11. The Morgan fingerprint density at radius 2 is 1.75 bits per heavy atom. The van der Waals surface area contributed by atoms with E-state index in [1.807, 2.05) is 0 Å². The van der Waals surface area contributed by atoms with Crippen LogP contribution < -0.4 is 10.6 Å². The zero-order valence-corrected chi connectivity index (χ0v) is 31.5. The van der Waals surface area contributed by atoms with E-state index in [1.165, 1.54) is 23.8 Å². The molecule has 1 aromatic heterocycles. The Morgan fingerprint density at radius 1 is 1.04 bits per heavy atom. The van der Waals surface area contributed by atoms with Crippen molar-refractivity contribution < 1.29 is 23.9 Å². The van der Waals surface area contributed by atoms with Gasteiger partial charge >= 0.3 is 5.97 Å². The van der Waals surface area contributed by atoms with Gasteiger partial charge in [0.1, 0.15) is 11.5 Å². The average Bonchev–Trinajstić information content (AvgIpc) is 3.52. The van der Waals surface area contributed by atoms with Gasteiger partial charge in [0.25, 0.3) is 5.91 Å². The van der Waals surface area contributed by atoms with Gasteiger partial charge in [-0.2, -0.15) is 0 Å². The van der Waals surface area contributed by atoms with Gasteiger partial charge in [0, 0.05) is 43.4 Å². The van der Waals surface area contributed by atoms with Gasteiger partial charge in [-0.1, -0.05) is 72.8 Å². The predicted octanol–water partition coefficient (Wildman–Crippen LogP) is 9.06. The molecule has 3 atom stereocenters. The molecule has 0 saturated carbocycles. The number of rotatable bonds is 23. The second-order valence-corrected chi connectivity index (χ2v) is 15.1. The van der Waals surface area contributed by atoms with E-state index < -0.39 is 23.2 Å². The SMILES string of the molecule is CCCCCCN(C(=O)CCCC)C(CC(CCC)c1nc(C(=O)NC(Cc2ccc(NC)c(F)c2)CC(C)(C)C(=O)O)cs1)C(C)C. The maximum absolute atomic E-state index is 14.5. The molecule has 0 fully saturated rings. The zero-order chi connectivity index (χ0) is 35.9. The van der Waals surface area contributed by atoms with Crippen LogP contribution in [0.15, 0.2) is 23.6 Å². The first kappa shape index (κ1) is 41.2. The van der Waals surface area contributed by atoms with Gasteiger partial charge < -0.3 is 20.6 Å². The smallest absolute Gasteiger partial charge is 0.309 e. The van der Waals surface area contributed by atoms with E-state index in [2.05, 4.69) is 50.2 Å². The van der Waals surface area contributed by atoms with Crippen LogP contribution >= 0.6 is 11.3 Å². The summed E-state index contributed by atoms with van der Waals surface area (Å²) in [6, 6.07) is 4.36. The summed E-state index contributed by atoms with van der Waals surface area (Å²) in [6.07, 6.45) is 9.94. The Kier molecular flexibility index (Phi) is 17.6. The molecule has 0 bridgehead atoms. The normalized spacial score (nSPS) is 13.6. The number of carboxylic acid groups (broad SMARTS) is 1.